The molecule has 0 spiro atoms. The van der Waals surface area contributed by atoms with Gasteiger partial charge in [-0.1, -0.05) is 27.2 Å². The van der Waals surface area contributed by atoms with E-state index < -0.39 is 10.0 Å². The van der Waals surface area contributed by atoms with E-state index in [-0.39, 0.29) is 0 Å². The predicted octanol–water partition coefficient (Wildman–Crippen LogP) is 2.57. The number of sulfonamides is 1. The van der Waals surface area contributed by atoms with Gasteiger partial charge in [0.25, 0.3) is 0 Å². The molecule has 0 saturated heterocycles. The molecule has 1 rings (SSSR count). The summed E-state index contributed by atoms with van der Waals surface area (Å²) in [5.74, 6) is 0.360. The van der Waals surface area contributed by atoms with E-state index in [1.807, 2.05) is 6.92 Å². The lowest BCUT2D eigenvalue weighted by atomic mass is 10.1. The standard InChI is InChI=1S/C13H24N2O2S2/c1-4-6-14-9-12-7-13(10-18-12)19(16,17)15-8-11(3)5-2/h7,10-11,14-15H,4-6,8-9H2,1-3H3. The molecule has 2 N–H and O–H groups in total. The highest BCUT2D eigenvalue weighted by Crippen LogP contribution is 2.19. The number of hydrogen-bond donors (Lipinski definition) is 2. The Morgan fingerprint density at radius 2 is 2.11 bits per heavy atom. The van der Waals surface area contributed by atoms with Crippen molar-refractivity contribution >= 4 is 21.4 Å². The first kappa shape index (κ1) is 16.6. The molecule has 0 saturated carbocycles. The van der Waals surface area contributed by atoms with Crippen LogP contribution in [-0.4, -0.2) is 21.5 Å². The fraction of sp³-hybridized carbons (Fsp3) is 0.692. The molecular formula is C13H24N2O2S2. The van der Waals surface area contributed by atoms with E-state index in [2.05, 4.69) is 23.9 Å². The molecule has 0 aliphatic carbocycles. The van der Waals surface area contributed by atoms with Gasteiger partial charge in [-0.05, 0) is 24.9 Å². The van der Waals surface area contributed by atoms with Crippen LogP contribution in [0, 0.1) is 5.92 Å². The Bertz CT molecular complexity index is 469. The van der Waals surface area contributed by atoms with E-state index in [9.17, 15) is 8.42 Å². The molecule has 1 aromatic rings. The molecule has 0 bridgehead atoms. The quantitative estimate of drug-likeness (QED) is 0.689. The van der Waals surface area contributed by atoms with Crippen molar-refractivity contribution in [1.29, 1.82) is 0 Å². The van der Waals surface area contributed by atoms with Crippen molar-refractivity contribution in [3.63, 3.8) is 0 Å². The Kier molecular flexibility index (Phi) is 6.99. The van der Waals surface area contributed by atoms with E-state index in [1.54, 1.807) is 11.4 Å². The minimum absolute atomic E-state index is 0.360. The Morgan fingerprint density at radius 3 is 2.74 bits per heavy atom. The van der Waals surface area contributed by atoms with Crippen molar-refractivity contribution in [3.05, 3.63) is 16.3 Å². The van der Waals surface area contributed by atoms with Crippen molar-refractivity contribution in [2.75, 3.05) is 13.1 Å². The molecule has 1 atom stereocenters. The molecule has 6 heteroatoms. The number of hydrogen-bond acceptors (Lipinski definition) is 4. The maximum Gasteiger partial charge on any atom is 0.241 e. The largest absolute Gasteiger partial charge is 0.312 e. The summed E-state index contributed by atoms with van der Waals surface area (Å²) >= 11 is 1.49. The van der Waals surface area contributed by atoms with E-state index >= 15 is 0 Å². The smallest absolute Gasteiger partial charge is 0.241 e. The van der Waals surface area contributed by atoms with Gasteiger partial charge in [0.05, 0.1) is 4.90 Å². The van der Waals surface area contributed by atoms with Gasteiger partial charge in [0.15, 0.2) is 0 Å². The molecule has 1 unspecified atom stereocenters. The fourth-order valence-electron chi connectivity index (χ4n) is 1.46. The summed E-state index contributed by atoms with van der Waals surface area (Å²) in [7, 11) is -3.34. The van der Waals surface area contributed by atoms with Crippen molar-refractivity contribution in [2.45, 2.75) is 45.1 Å². The monoisotopic (exact) mass is 304 g/mol. The lowest BCUT2D eigenvalue weighted by Crippen LogP contribution is -2.27. The van der Waals surface area contributed by atoms with Gasteiger partial charge in [0, 0.05) is 23.3 Å². The van der Waals surface area contributed by atoms with Gasteiger partial charge < -0.3 is 5.32 Å². The van der Waals surface area contributed by atoms with Crippen LogP contribution in [0.2, 0.25) is 0 Å². The summed E-state index contributed by atoms with van der Waals surface area (Å²) in [6.45, 7) is 8.39. The molecule has 0 aromatic carbocycles. The minimum Gasteiger partial charge on any atom is -0.312 e. The van der Waals surface area contributed by atoms with Gasteiger partial charge >= 0.3 is 0 Å². The molecule has 0 aliphatic rings. The van der Waals surface area contributed by atoms with E-state index in [1.165, 1.54) is 11.3 Å². The average molecular weight is 304 g/mol. The van der Waals surface area contributed by atoms with Gasteiger partial charge in [0.1, 0.15) is 0 Å². The van der Waals surface area contributed by atoms with Crippen molar-refractivity contribution in [1.82, 2.24) is 10.0 Å². The summed E-state index contributed by atoms with van der Waals surface area (Å²) in [6, 6.07) is 1.76. The zero-order valence-electron chi connectivity index (χ0n) is 11.9. The Labute approximate surface area is 120 Å². The second-order valence-corrected chi connectivity index (χ2v) is 7.55. The Balaban J connectivity index is 2.58. The second kappa shape index (κ2) is 7.99. The Morgan fingerprint density at radius 1 is 1.37 bits per heavy atom. The predicted molar refractivity (Wildman–Crippen MR) is 81.0 cm³/mol. The van der Waals surface area contributed by atoms with Crippen molar-refractivity contribution in [2.24, 2.45) is 5.92 Å². The molecule has 19 heavy (non-hydrogen) atoms. The Hall–Kier alpha value is -0.430. The van der Waals surface area contributed by atoms with Crippen LogP contribution in [0.1, 0.15) is 38.5 Å². The molecule has 1 heterocycles. The van der Waals surface area contributed by atoms with Crippen LogP contribution in [0.15, 0.2) is 16.3 Å². The summed E-state index contributed by atoms with van der Waals surface area (Å²) < 4.78 is 26.8. The van der Waals surface area contributed by atoms with Crippen LogP contribution >= 0.6 is 11.3 Å². The van der Waals surface area contributed by atoms with Gasteiger partial charge in [-0.3, -0.25) is 0 Å². The lowest BCUT2D eigenvalue weighted by Gasteiger charge is -2.09. The van der Waals surface area contributed by atoms with Crippen LogP contribution in [0.25, 0.3) is 0 Å². The van der Waals surface area contributed by atoms with Gasteiger partial charge in [0.2, 0.25) is 10.0 Å². The summed E-state index contributed by atoms with van der Waals surface area (Å²) in [5, 5.41) is 4.98. The van der Waals surface area contributed by atoms with Crippen LogP contribution in [0.3, 0.4) is 0 Å². The van der Waals surface area contributed by atoms with Crippen LogP contribution in [-0.2, 0) is 16.6 Å². The maximum atomic E-state index is 12.1. The zero-order chi connectivity index (χ0) is 14.3. The minimum atomic E-state index is -3.34. The first-order valence-corrected chi connectivity index (χ1v) is 9.13. The third-order valence-corrected chi connectivity index (χ3v) is 5.47. The number of rotatable bonds is 9. The number of nitrogens with one attached hydrogen (secondary N) is 2. The second-order valence-electron chi connectivity index (χ2n) is 4.79. The van der Waals surface area contributed by atoms with E-state index in [0.29, 0.717) is 17.4 Å². The molecule has 1 aromatic heterocycles. The maximum absolute atomic E-state index is 12.1. The van der Waals surface area contributed by atoms with E-state index in [0.717, 1.165) is 30.8 Å². The van der Waals surface area contributed by atoms with Gasteiger partial charge in [-0.2, -0.15) is 0 Å². The highest BCUT2D eigenvalue weighted by molar-refractivity contribution is 7.89. The number of thiophene rings is 1. The molecule has 110 valence electrons. The molecule has 0 aliphatic heterocycles. The topological polar surface area (TPSA) is 58.2 Å². The van der Waals surface area contributed by atoms with Crippen molar-refractivity contribution in [3.8, 4) is 0 Å². The van der Waals surface area contributed by atoms with Crippen molar-refractivity contribution < 1.29 is 8.42 Å². The highest BCUT2D eigenvalue weighted by atomic mass is 32.2. The summed E-state index contributed by atoms with van der Waals surface area (Å²) in [5.41, 5.74) is 0. The molecule has 0 radical (unpaired) electrons. The van der Waals surface area contributed by atoms with Crippen LogP contribution < -0.4 is 10.0 Å². The molecular weight excluding hydrogens is 280 g/mol. The van der Waals surface area contributed by atoms with Crippen LogP contribution in [0.4, 0.5) is 0 Å². The SMILES string of the molecule is CCCNCc1cc(S(=O)(=O)NCC(C)CC)cs1. The first-order valence-electron chi connectivity index (χ1n) is 6.77. The normalized spacial score (nSPS) is 13.6. The average Bonchev–Trinajstić information content (AvgIpc) is 2.86. The van der Waals surface area contributed by atoms with E-state index in [4.69, 9.17) is 0 Å². The van der Waals surface area contributed by atoms with Gasteiger partial charge in [-0.15, -0.1) is 11.3 Å². The third kappa shape index (κ3) is 5.60. The third-order valence-electron chi connectivity index (χ3n) is 2.98. The zero-order valence-corrected chi connectivity index (χ0v) is 13.5. The van der Waals surface area contributed by atoms with Gasteiger partial charge in [-0.25, -0.2) is 13.1 Å². The molecule has 0 fully saturated rings. The first-order chi connectivity index (χ1) is 8.99. The fourth-order valence-corrected chi connectivity index (χ4v) is 3.87. The molecule has 0 amide bonds. The molecule has 4 nitrogen and oxygen atoms in total. The summed E-state index contributed by atoms with van der Waals surface area (Å²) in [4.78, 5) is 1.44. The lowest BCUT2D eigenvalue weighted by molar-refractivity contribution is 0.528. The van der Waals surface area contributed by atoms with Crippen LogP contribution in [0.5, 0.6) is 0 Å². The highest BCUT2D eigenvalue weighted by Gasteiger charge is 2.16. The summed E-state index contributed by atoms with van der Waals surface area (Å²) in [6.07, 6.45) is 2.05.